The van der Waals surface area contributed by atoms with E-state index in [1.165, 1.54) is 17.7 Å². The molecule has 7 heteroatoms. The molecule has 1 aromatic heterocycles. The standard InChI is InChI=1S/C19H26N4OS.HI/c1-14(2)17-11-15(24-23-17)12-21-18(20-3)22-13-19(9-10-19)25-16-7-5-4-6-8-16;/h4-8,11,14H,9-10,12-13H2,1-3H3,(H2,20,21,22);1H. The van der Waals surface area contributed by atoms with Crippen LogP contribution in [0.5, 0.6) is 0 Å². The van der Waals surface area contributed by atoms with Crippen molar-refractivity contribution in [2.45, 2.75) is 48.8 Å². The first-order chi connectivity index (χ1) is 12.1. The fraction of sp³-hybridized carbons (Fsp3) is 0.474. The summed E-state index contributed by atoms with van der Waals surface area (Å²) in [6, 6.07) is 12.6. The van der Waals surface area contributed by atoms with Crippen molar-refractivity contribution in [2.75, 3.05) is 13.6 Å². The smallest absolute Gasteiger partial charge is 0.191 e. The molecule has 142 valence electrons. The zero-order valence-corrected chi connectivity index (χ0v) is 18.6. The molecule has 2 N–H and O–H groups in total. The average Bonchev–Trinajstić information content (AvgIpc) is 3.20. The maximum Gasteiger partial charge on any atom is 0.191 e. The average molecular weight is 486 g/mol. The Morgan fingerprint density at radius 3 is 2.58 bits per heavy atom. The van der Waals surface area contributed by atoms with Gasteiger partial charge in [-0.2, -0.15) is 0 Å². The first kappa shape index (κ1) is 21.1. The van der Waals surface area contributed by atoms with Crippen LogP contribution in [0.2, 0.25) is 0 Å². The van der Waals surface area contributed by atoms with Gasteiger partial charge in [-0.15, -0.1) is 35.7 Å². The van der Waals surface area contributed by atoms with E-state index in [1.54, 1.807) is 7.05 Å². The Balaban J connectivity index is 0.00000243. The maximum absolute atomic E-state index is 5.36. The van der Waals surface area contributed by atoms with Crippen LogP contribution in [0.3, 0.4) is 0 Å². The minimum absolute atomic E-state index is 0. The summed E-state index contributed by atoms with van der Waals surface area (Å²) >= 11 is 1.96. The number of hydrogen-bond acceptors (Lipinski definition) is 4. The highest BCUT2D eigenvalue weighted by molar-refractivity contribution is 14.0. The predicted octanol–water partition coefficient (Wildman–Crippen LogP) is 4.41. The lowest BCUT2D eigenvalue weighted by atomic mass is 10.1. The van der Waals surface area contributed by atoms with Crippen molar-refractivity contribution in [3.63, 3.8) is 0 Å². The van der Waals surface area contributed by atoms with Crippen molar-refractivity contribution in [3.8, 4) is 0 Å². The summed E-state index contributed by atoms with van der Waals surface area (Å²) in [5.41, 5.74) is 0.982. The molecule has 1 fully saturated rings. The second-order valence-corrected chi connectivity index (χ2v) is 8.29. The molecule has 1 aliphatic rings. The third kappa shape index (κ3) is 5.90. The number of benzene rings is 1. The number of halogens is 1. The van der Waals surface area contributed by atoms with Crippen LogP contribution >= 0.6 is 35.7 Å². The van der Waals surface area contributed by atoms with E-state index in [9.17, 15) is 0 Å². The molecule has 0 atom stereocenters. The Morgan fingerprint density at radius 1 is 1.27 bits per heavy atom. The van der Waals surface area contributed by atoms with Crippen molar-refractivity contribution < 1.29 is 4.52 Å². The van der Waals surface area contributed by atoms with Crippen LogP contribution < -0.4 is 10.6 Å². The summed E-state index contributed by atoms with van der Waals surface area (Å²) in [5, 5.41) is 10.8. The van der Waals surface area contributed by atoms with Crippen molar-refractivity contribution in [2.24, 2.45) is 4.99 Å². The molecule has 0 bridgehead atoms. The number of guanidine groups is 1. The van der Waals surface area contributed by atoms with E-state index in [4.69, 9.17) is 4.52 Å². The number of aromatic nitrogens is 1. The van der Waals surface area contributed by atoms with Crippen LogP contribution in [0, 0.1) is 0 Å². The Morgan fingerprint density at radius 2 is 2.00 bits per heavy atom. The van der Waals surface area contributed by atoms with E-state index in [0.717, 1.165) is 24.0 Å². The van der Waals surface area contributed by atoms with E-state index < -0.39 is 0 Å². The zero-order valence-electron chi connectivity index (χ0n) is 15.5. The van der Waals surface area contributed by atoms with Crippen molar-refractivity contribution in [3.05, 3.63) is 47.9 Å². The minimum atomic E-state index is 0. The fourth-order valence-electron chi connectivity index (χ4n) is 2.51. The monoisotopic (exact) mass is 486 g/mol. The van der Waals surface area contributed by atoms with Crippen LogP contribution in [0.4, 0.5) is 0 Å². The molecular formula is C19H27IN4OS. The van der Waals surface area contributed by atoms with Gasteiger partial charge >= 0.3 is 0 Å². The largest absolute Gasteiger partial charge is 0.359 e. The lowest BCUT2D eigenvalue weighted by Crippen LogP contribution is -2.40. The van der Waals surface area contributed by atoms with Crippen LogP contribution in [0.15, 0.2) is 50.8 Å². The molecule has 0 saturated heterocycles. The van der Waals surface area contributed by atoms with Gasteiger partial charge in [0, 0.05) is 29.3 Å². The van der Waals surface area contributed by atoms with Gasteiger partial charge in [-0.25, -0.2) is 0 Å². The summed E-state index contributed by atoms with van der Waals surface area (Å²) in [7, 11) is 1.79. The van der Waals surface area contributed by atoms with Gasteiger partial charge in [-0.1, -0.05) is 37.2 Å². The summed E-state index contributed by atoms with van der Waals surface area (Å²) in [4.78, 5) is 5.63. The molecule has 0 spiro atoms. The van der Waals surface area contributed by atoms with Gasteiger partial charge in [0.05, 0.1) is 12.2 Å². The highest BCUT2D eigenvalue weighted by atomic mass is 127. The molecule has 1 heterocycles. The quantitative estimate of drug-likeness (QED) is 0.345. The molecule has 5 nitrogen and oxygen atoms in total. The molecule has 0 amide bonds. The Kier molecular flexibility index (Phi) is 7.82. The second-order valence-electron chi connectivity index (χ2n) is 6.75. The van der Waals surface area contributed by atoms with Crippen molar-refractivity contribution >= 4 is 41.7 Å². The molecule has 0 aliphatic heterocycles. The fourth-order valence-corrected chi connectivity index (χ4v) is 3.76. The summed E-state index contributed by atoms with van der Waals surface area (Å²) in [6.45, 7) is 5.70. The molecule has 3 rings (SSSR count). The van der Waals surface area contributed by atoms with Crippen LogP contribution in [0.1, 0.15) is 44.1 Å². The highest BCUT2D eigenvalue weighted by Crippen LogP contribution is 2.51. The van der Waals surface area contributed by atoms with Gasteiger partial charge in [0.25, 0.3) is 0 Å². The number of rotatable bonds is 7. The minimum Gasteiger partial charge on any atom is -0.359 e. The predicted molar refractivity (Wildman–Crippen MR) is 118 cm³/mol. The first-order valence-electron chi connectivity index (χ1n) is 8.74. The molecule has 0 unspecified atom stereocenters. The maximum atomic E-state index is 5.36. The number of thioether (sulfide) groups is 1. The summed E-state index contributed by atoms with van der Waals surface area (Å²) in [6.07, 6.45) is 2.47. The summed E-state index contributed by atoms with van der Waals surface area (Å²) in [5.74, 6) is 1.99. The molecule has 26 heavy (non-hydrogen) atoms. The van der Waals surface area contributed by atoms with Crippen LogP contribution in [-0.4, -0.2) is 29.5 Å². The van der Waals surface area contributed by atoms with Crippen molar-refractivity contribution in [1.82, 2.24) is 15.8 Å². The Bertz CT molecular complexity index is 713. The van der Waals surface area contributed by atoms with Crippen LogP contribution in [-0.2, 0) is 6.54 Å². The topological polar surface area (TPSA) is 62.5 Å². The molecule has 1 aromatic carbocycles. The van der Waals surface area contributed by atoms with E-state index in [2.05, 4.69) is 65.0 Å². The zero-order chi connectivity index (χ0) is 17.7. The third-order valence-corrected chi connectivity index (χ3v) is 5.78. The van der Waals surface area contributed by atoms with E-state index >= 15 is 0 Å². The van der Waals surface area contributed by atoms with Crippen LogP contribution in [0.25, 0.3) is 0 Å². The van der Waals surface area contributed by atoms with E-state index in [0.29, 0.717) is 12.5 Å². The Labute approximate surface area is 176 Å². The van der Waals surface area contributed by atoms with Gasteiger partial charge in [-0.05, 0) is 30.9 Å². The first-order valence-corrected chi connectivity index (χ1v) is 9.56. The normalized spacial score (nSPS) is 15.5. The van der Waals surface area contributed by atoms with E-state index in [1.807, 2.05) is 17.8 Å². The lowest BCUT2D eigenvalue weighted by Gasteiger charge is -2.18. The number of hydrogen-bond donors (Lipinski definition) is 2. The highest BCUT2D eigenvalue weighted by Gasteiger charge is 2.43. The van der Waals surface area contributed by atoms with Crippen molar-refractivity contribution in [1.29, 1.82) is 0 Å². The number of nitrogens with one attached hydrogen (secondary N) is 2. The lowest BCUT2D eigenvalue weighted by molar-refractivity contribution is 0.372. The van der Waals surface area contributed by atoms with Gasteiger partial charge in [0.1, 0.15) is 0 Å². The van der Waals surface area contributed by atoms with Gasteiger partial charge < -0.3 is 15.2 Å². The molecule has 1 saturated carbocycles. The molecular weight excluding hydrogens is 459 g/mol. The third-order valence-electron chi connectivity index (χ3n) is 4.29. The molecule has 1 aliphatic carbocycles. The van der Waals surface area contributed by atoms with E-state index in [-0.39, 0.29) is 28.7 Å². The van der Waals surface area contributed by atoms with Gasteiger partial charge in [-0.3, -0.25) is 4.99 Å². The molecule has 0 radical (unpaired) electrons. The molecule has 2 aromatic rings. The second kappa shape index (κ2) is 9.64. The summed E-state index contributed by atoms with van der Waals surface area (Å²) < 4.78 is 5.65. The number of nitrogens with zero attached hydrogens (tertiary/aromatic N) is 2. The number of aliphatic imine (C=N–C) groups is 1. The Hall–Kier alpha value is -1.22. The SMILES string of the molecule is CN=C(NCc1cc(C(C)C)no1)NCC1(Sc2ccccc2)CC1.I. The van der Waals surface area contributed by atoms with Gasteiger partial charge in [0.2, 0.25) is 0 Å². The van der Waals surface area contributed by atoms with Gasteiger partial charge in [0.15, 0.2) is 11.7 Å².